The minimum Gasteiger partial charge on any atom is -0.341 e. The maximum absolute atomic E-state index is 11.8. The molecule has 5 nitrogen and oxygen atoms in total. The topological polar surface area (TPSA) is 67.3 Å². The first kappa shape index (κ1) is 15.2. The molecule has 0 N–H and O–H groups in total. The molecule has 0 bridgehead atoms. The Bertz CT molecular complexity index is 822. The number of aromatic nitrogens is 1. The molecule has 0 spiro atoms. The third-order valence-electron chi connectivity index (χ3n) is 3.90. The molecule has 0 aliphatic carbocycles. The maximum Gasteiger partial charge on any atom is 0.237 e. The highest BCUT2D eigenvalue weighted by Crippen LogP contribution is 2.21. The molecule has 2 heterocycles. The molecule has 1 aliphatic rings. The Kier molecular flexibility index (Phi) is 4.06. The van der Waals surface area contributed by atoms with Gasteiger partial charge in [0.05, 0.1) is 0 Å². The van der Waals surface area contributed by atoms with Gasteiger partial charge in [0, 0.05) is 53.9 Å². The molecule has 22 heavy (non-hydrogen) atoms. The van der Waals surface area contributed by atoms with Crippen molar-refractivity contribution in [3.8, 4) is 0 Å². The van der Waals surface area contributed by atoms with Crippen LogP contribution < -0.4 is 0 Å². The predicted molar refractivity (Wildman–Crippen MR) is 85.2 cm³/mol. The molecular formula is C15H15ClN2O3S. The van der Waals surface area contributed by atoms with E-state index in [1.807, 2.05) is 36.5 Å². The number of carbonyl (C=O) groups is 1. The number of likely N-dealkylation sites (tertiary alicyclic amines) is 1. The van der Waals surface area contributed by atoms with E-state index in [0.29, 0.717) is 13.0 Å². The Morgan fingerprint density at radius 3 is 2.68 bits per heavy atom. The van der Waals surface area contributed by atoms with Crippen molar-refractivity contribution in [3.05, 3.63) is 42.2 Å². The van der Waals surface area contributed by atoms with E-state index in [1.54, 1.807) is 4.90 Å². The summed E-state index contributed by atoms with van der Waals surface area (Å²) < 4.78 is 22.6. The molecule has 1 saturated heterocycles. The summed E-state index contributed by atoms with van der Waals surface area (Å²) in [6.07, 6.45) is 2.37. The average molecular weight is 339 g/mol. The van der Waals surface area contributed by atoms with Gasteiger partial charge in [-0.05, 0) is 11.5 Å². The first-order valence-corrected chi connectivity index (χ1v) is 9.35. The highest BCUT2D eigenvalue weighted by atomic mass is 35.7. The minimum absolute atomic E-state index is 0.0308. The number of hydrogen-bond donors (Lipinski definition) is 0. The van der Waals surface area contributed by atoms with Gasteiger partial charge in [0.2, 0.25) is 15.0 Å². The minimum atomic E-state index is -3.69. The standard InChI is InChI=1S/C15H15ClN2O3S/c16-22(20,21)14-8-15(19)18(10-14)6-5-13-7-11-3-1-2-4-12(11)9-17-13/h1-4,7,9,14H,5-6,8,10H2. The molecule has 1 aromatic heterocycles. The fraction of sp³-hybridized carbons (Fsp3) is 0.333. The molecule has 116 valence electrons. The molecule has 1 aliphatic heterocycles. The van der Waals surface area contributed by atoms with Crippen molar-refractivity contribution < 1.29 is 13.2 Å². The SMILES string of the molecule is O=C1CC(S(=O)(=O)Cl)CN1CCc1cc2ccccc2cn1. The molecular weight excluding hydrogens is 324 g/mol. The number of pyridine rings is 1. The van der Waals surface area contributed by atoms with E-state index < -0.39 is 14.3 Å². The van der Waals surface area contributed by atoms with Gasteiger partial charge in [-0.25, -0.2) is 8.42 Å². The first-order chi connectivity index (χ1) is 10.4. The first-order valence-electron chi connectivity index (χ1n) is 6.98. The van der Waals surface area contributed by atoms with Crippen LogP contribution in [0.3, 0.4) is 0 Å². The van der Waals surface area contributed by atoms with Crippen LogP contribution in [0.1, 0.15) is 12.1 Å². The summed E-state index contributed by atoms with van der Waals surface area (Å²) in [6, 6.07) is 9.92. The quantitative estimate of drug-likeness (QED) is 0.799. The van der Waals surface area contributed by atoms with Crippen LogP contribution in [0.2, 0.25) is 0 Å². The van der Waals surface area contributed by atoms with Crippen LogP contribution in [0.25, 0.3) is 10.8 Å². The Balaban J connectivity index is 1.68. The molecule has 3 rings (SSSR count). The van der Waals surface area contributed by atoms with Gasteiger partial charge < -0.3 is 4.90 Å². The summed E-state index contributed by atoms with van der Waals surface area (Å²) in [7, 11) is 1.65. The second-order valence-corrected chi connectivity index (χ2v) is 8.32. The molecule has 1 unspecified atom stereocenters. The van der Waals surface area contributed by atoms with Gasteiger partial charge >= 0.3 is 0 Å². The Labute approximate surface area is 133 Å². The van der Waals surface area contributed by atoms with E-state index in [2.05, 4.69) is 4.98 Å². The fourth-order valence-corrected chi connectivity index (χ4v) is 3.71. The molecule has 1 amide bonds. The molecule has 1 aromatic carbocycles. The number of nitrogens with zero attached hydrogens (tertiary/aromatic N) is 2. The summed E-state index contributed by atoms with van der Waals surface area (Å²) in [6.45, 7) is 0.616. The van der Waals surface area contributed by atoms with Gasteiger partial charge in [0.25, 0.3) is 0 Å². The number of carbonyl (C=O) groups excluding carboxylic acids is 1. The van der Waals surface area contributed by atoms with Gasteiger partial charge in [-0.2, -0.15) is 0 Å². The second-order valence-electron chi connectivity index (χ2n) is 5.41. The molecule has 1 atom stereocenters. The third-order valence-corrected chi connectivity index (χ3v) is 5.77. The average Bonchev–Trinajstić information content (AvgIpc) is 2.86. The lowest BCUT2D eigenvalue weighted by atomic mass is 10.1. The van der Waals surface area contributed by atoms with Crippen LogP contribution in [0.5, 0.6) is 0 Å². The molecule has 0 saturated carbocycles. The van der Waals surface area contributed by atoms with E-state index in [-0.39, 0.29) is 18.9 Å². The Morgan fingerprint density at radius 1 is 1.27 bits per heavy atom. The lowest BCUT2D eigenvalue weighted by Crippen LogP contribution is -2.29. The molecule has 1 fully saturated rings. The van der Waals surface area contributed by atoms with Crippen LogP contribution in [-0.4, -0.2) is 42.5 Å². The lowest BCUT2D eigenvalue weighted by Gasteiger charge is -2.15. The third kappa shape index (κ3) is 3.23. The normalized spacial score (nSPS) is 19.0. The number of amides is 1. The summed E-state index contributed by atoms with van der Waals surface area (Å²) in [4.78, 5) is 17.8. The van der Waals surface area contributed by atoms with Crippen LogP contribution in [0.15, 0.2) is 36.5 Å². The van der Waals surface area contributed by atoms with E-state index >= 15 is 0 Å². The fourth-order valence-electron chi connectivity index (χ4n) is 2.66. The number of benzene rings is 1. The molecule has 0 radical (unpaired) electrons. The van der Waals surface area contributed by atoms with Crippen LogP contribution in [-0.2, 0) is 20.3 Å². The van der Waals surface area contributed by atoms with E-state index in [9.17, 15) is 13.2 Å². The van der Waals surface area contributed by atoms with Gasteiger partial charge in [0.1, 0.15) is 5.25 Å². The van der Waals surface area contributed by atoms with Crippen molar-refractivity contribution in [2.24, 2.45) is 0 Å². The number of fused-ring (bicyclic) bond motifs is 1. The number of rotatable bonds is 4. The van der Waals surface area contributed by atoms with Gasteiger partial charge in [0.15, 0.2) is 0 Å². The summed E-state index contributed by atoms with van der Waals surface area (Å²) in [5.41, 5.74) is 0.878. The zero-order chi connectivity index (χ0) is 15.7. The van der Waals surface area contributed by atoms with Crippen LogP contribution >= 0.6 is 10.7 Å². The van der Waals surface area contributed by atoms with Crippen LogP contribution in [0, 0.1) is 0 Å². The van der Waals surface area contributed by atoms with E-state index in [4.69, 9.17) is 10.7 Å². The largest absolute Gasteiger partial charge is 0.341 e. The monoisotopic (exact) mass is 338 g/mol. The zero-order valence-corrected chi connectivity index (χ0v) is 13.3. The van der Waals surface area contributed by atoms with Gasteiger partial charge in [-0.3, -0.25) is 9.78 Å². The lowest BCUT2D eigenvalue weighted by molar-refractivity contribution is -0.127. The summed E-state index contributed by atoms with van der Waals surface area (Å²) >= 11 is 0. The number of halogens is 1. The predicted octanol–water partition coefficient (Wildman–Crippen LogP) is 1.95. The Hall–Kier alpha value is -1.66. The van der Waals surface area contributed by atoms with Crippen molar-refractivity contribution in [2.75, 3.05) is 13.1 Å². The van der Waals surface area contributed by atoms with Crippen molar-refractivity contribution in [1.29, 1.82) is 0 Å². The highest BCUT2D eigenvalue weighted by molar-refractivity contribution is 8.14. The van der Waals surface area contributed by atoms with Crippen molar-refractivity contribution in [3.63, 3.8) is 0 Å². The summed E-state index contributed by atoms with van der Waals surface area (Å²) in [5, 5.41) is 1.37. The van der Waals surface area contributed by atoms with E-state index in [0.717, 1.165) is 16.5 Å². The van der Waals surface area contributed by atoms with Gasteiger partial charge in [-0.1, -0.05) is 24.3 Å². The van der Waals surface area contributed by atoms with E-state index in [1.165, 1.54) is 0 Å². The molecule has 2 aromatic rings. The zero-order valence-electron chi connectivity index (χ0n) is 11.8. The smallest absolute Gasteiger partial charge is 0.237 e. The second kappa shape index (κ2) is 5.85. The number of hydrogen-bond acceptors (Lipinski definition) is 4. The highest BCUT2D eigenvalue weighted by Gasteiger charge is 2.36. The maximum atomic E-state index is 11.8. The van der Waals surface area contributed by atoms with Crippen molar-refractivity contribution >= 4 is 36.4 Å². The van der Waals surface area contributed by atoms with Crippen molar-refractivity contribution in [2.45, 2.75) is 18.1 Å². The van der Waals surface area contributed by atoms with Crippen LogP contribution in [0.4, 0.5) is 0 Å². The van der Waals surface area contributed by atoms with Crippen molar-refractivity contribution in [1.82, 2.24) is 9.88 Å². The molecule has 7 heteroatoms. The Morgan fingerprint density at radius 2 is 2.00 bits per heavy atom. The summed E-state index contributed by atoms with van der Waals surface area (Å²) in [5.74, 6) is -0.171. The van der Waals surface area contributed by atoms with Gasteiger partial charge in [-0.15, -0.1) is 0 Å².